The molecule has 3 nitrogen and oxygen atoms in total. The van der Waals surface area contributed by atoms with Crippen molar-refractivity contribution in [1.29, 1.82) is 10.5 Å². The van der Waals surface area contributed by atoms with Gasteiger partial charge in [-0.3, -0.25) is 0 Å². The highest BCUT2D eigenvalue weighted by atomic mass is 19.4. The van der Waals surface area contributed by atoms with Gasteiger partial charge in [0.05, 0.1) is 23.3 Å². The molecule has 1 aromatic carbocycles. The quantitative estimate of drug-likeness (QED) is 0.801. The van der Waals surface area contributed by atoms with Gasteiger partial charge in [0.1, 0.15) is 12.4 Å². The largest absolute Gasteiger partial charge is 0.491 e. The molecular formula is C12H6F6N2O. The van der Waals surface area contributed by atoms with Gasteiger partial charge in [0.25, 0.3) is 0 Å². The van der Waals surface area contributed by atoms with Crippen LogP contribution in [-0.4, -0.2) is 12.8 Å². The van der Waals surface area contributed by atoms with Gasteiger partial charge in [-0.05, 0) is 18.2 Å². The number of halogens is 6. The van der Waals surface area contributed by atoms with Gasteiger partial charge in [0.15, 0.2) is 5.92 Å². The van der Waals surface area contributed by atoms with Crippen molar-refractivity contribution in [2.75, 3.05) is 6.61 Å². The van der Waals surface area contributed by atoms with Gasteiger partial charge in [-0.2, -0.15) is 36.9 Å². The Hall–Kier alpha value is -2.42. The number of nitrogens with zero attached hydrogens (tertiary/aromatic N) is 2. The fraction of sp³-hybridized carbons (Fsp3) is 0.333. The van der Waals surface area contributed by atoms with E-state index in [0.717, 1.165) is 18.2 Å². The highest BCUT2D eigenvalue weighted by Gasteiger charge is 2.41. The molecule has 0 fully saturated rings. The number of ether oxygens (including phenoxy) is 1. The highest BCUT2D eigenvalue weighted by Crippen LogP contribution is 2.37. The van der Waals surface area contributed by atoms with Gasteiger partial charge in [0.2, 0.25) is 0 Å². The second kappa shape index (κ2) is 5.92. The van der Waals surface area contributed by atoms with E-state index >= 15 is 0 Å². The molecule has 112 valence electrons. The summed E-state index contributed by atoms with van der Waals surface area (Å²) in [6.45, 7) is -1.27. The zero-order chi connectivity index (χ0) is 16.3. The van der Waals surface area contributed by atoms with Crippen LogP contribution >= 0.6 is 0 Å². The van der Waals surface area contributed by atoms with Crippen molar-refractivity contribution in [2.45, 2.75) is 12.4 Å². The maximum atomic E-state index is 12.7. The molecule has 0 radical (unpaired) electrons. The first-order valence-corrected chi connectivity index (χ1v) is 5.30. The van der Waals surface area contributed by atoms with Crippen LogP contribution in [0.15, 0.2) is 18.2 Å². The minimum Gasteiger partial charge on any atom is -0.491 e. The molecule has 0 aliphatic carbocycles. The van der Waals surface area contributed by atoms with Crippen molar-refractivity contribution in [3.05, 3.63) is 29.3 Å². The summed E-state index contributed by atoms with van der Waals surface area (Å²) in [7, 11) is 0. The molecule has 0 N–H and O–H groups in total. The Kier molecular flexibility index (Phi) is 4.69. The van der Waals surface area contributed by atoms with E-state index in [1.165, 1.54) is 6.07 Å². The number of benzene rings is 1. The minimum absolute atomic E-state index is 0.317. The molecule has 1 aromatic rings. The van der Waals surface area contributed by atoms with Gasteiger partial charge in [-0.25, -0.2) is 0 Å². The van der Waals surface area contributed by atoms with Crippen LogP contribution in [0.2, 0.25) is 0 Å². The molecule has 0 saturated carbocycles. The number of hydrogen-bond donors (Lipinski definition) is 0. The Morgan fingerprint density at radius 3 is 2.14 bits per heavy atom. The molecule has 1 rings (SSSR count). The van der Waals surface area contributed by atoms with Crippen molar-refractivity contribution < 1.29 is 31.1 Å². The maximum absolute atomic E-state index is 12.7. The molecule has 9 heteroatoms. The topological polar surface area (TPSA) is 56.8 Å². The molecule has 1 unspecified atom stereocenters. The van der Waals surface area contributed by atoms with Crippen LogP contribution in [0.4, 0.5) is 26.3 Å². The van der Waals surface area contributed by atoms with E-state index < -0.39 is 36.2 Å². The summed E-state index contributed by atoms with van der Waals surface area (Å²) in [5, 5.41) is 16.9. The van der Waals surface area contributed by atoms with Gasteiger partial charge >= 0.3 is 12.4 Å². The molecule has 0 amide bonds. The lowest BCUT2D eigenvalue weighted by atomic mass is 10.1. The Balaban J connectivity index is 3.05. The molecular weight excluding hydrogens is 302 g/mol. The van der Waals surface area contributed by atoms with E-state index in [0.29, 0.717) is 6.07 Å². The number of hydrogen-bond acceptors (Lipinski definition) is 3. The molecule has 1 atom stereocenters. The zero-order valence-corrected chi connectivity index (χ0v) is 10.1. The summed E-state index contributed by atoms with van der Waals surface area (Å²) >= 11 is 0. The van der Waals surface area contributed by atoms with E-state index in [1.807, 2.05) is 0 Å². The Morgan fingerprint density at radius 1 is 1.10 bits per heavy atom. The molecule has 0 heterocycles. The predicted octanol–water partition coefficient (Wildman–Crippen LogP) is 3.66. The van der Waals surface area contributed by atoms with E-state index in [4.69, 9.17) is 10.5 Å². The maximum Gasteiger partial charge on any atom is 0.420 e. The Bertz CT molecular complexity index is 594. The lowest BCUT2D eigenvalue weighted by molar-refractivity contribution is -0.165. The summed E-state index contributed by atoms with van der Waals surface area (Å²) in [6, 6.07) is 4.57. The fourth-order valence-corrected chi connectivity index (χ4v) is 1.32. The summed E-state index contributed by atoms with van der Waals surface area (Å²) in [4.78, 5) is 0. The molecule has 0 aliphatic rings. The van der Waals surface area contributed by atoms with Crippen molar-refractivity contribution in [2.24, 2.45) is 5.92 Å². The number of alkyl halides is 6. The first-order chi connectivity index (χ1) is 9.59. The monoisotopic (exact) mass is 308 g/mol. The van der Waals surface area contributed by atoms with Crippen molar-refractivity contribution in [1.82, 2.24) is 0 Å². The summed E-state index contributed by atoms with van der Waals surface area (Å²) in [5.74, 6) is -3.42. The molecule has 0 aromatic heterocycles. The van der Waals surface area contributed by atoms with Crippen LogP contribution in [-0.2, 0) is 6.18 Å². The van der Waals surface area contributed by atoms with Crippen molar-refractivity contribution >= 4 is 0 Å². The molecule has 0 saturated heterocycles. The summed E-state index contributed by atoms with van der Waals surface area (Å²) in [6.07, 6.45) is -9.80. The highest BCUT2D eigenvalue weighted by molar-refractivity contribution is 5.43. The smallest absolute Gasteiger partial charge is 0.420 e. The zero-order valence-electron chi connectivity index (χ0n) is 10.1. The molecule has 21 heavy (non-hydrogen) atoms. The normalized spacial score (nSPS) is 13.1. The summed E-state index contributed by atoms with van der Waals surface area (Å²) < 4.78 is 79.6. The number of rotatable bonds is 3. The molecule has 0 spiro atoms. The number of nitriles is 2. The second-order valence-corrected chi connectivity index (χ2v) is 3.85. The van der Waals surface area contributed by atoms with Crippen LogP contribution in [0.25, 0.3) is 0 Å². The first kappa shape index (κ1) is 16.6. The van der Waals surface area contributed by atoms with Gasteiger partial charge < -0.3 is 4.74 Å². The third kappa shape index (κ3) is 4.28. The molecule has 0 aliphatic heterocycles. The third-order valence-electron chi connectivity index (χ3n) is 2.37. The van der Waals surface area contributed by atoms with E-state index in [-0.39, 0.29) is 5.56 Å². The SMILES string of the molecule is N#Cc1ccc(OCC(C#N)C(F)(F)F)c(C(F)(F)F)c1. The van der Waals surface area contributed by atoms with Gasteiger partial charge in [-0.15, -0.1) is 0 Å². The average molecular weight is 308 g/mol. The van der Waals surface area contributed by atoms with Crippen LogP contribution < -0.4 is 4.74 Å². The van der Waals surface area contributed by atoms with E-state index in [9.17, 15) is 26.3 Å². The lowest BCUT2D eigenvalue weighted by Crippen LogP contribution is -2.27. The average Bonchev–Trinajstić information content (AvgIpc) is 2.36. The van der Waals surface area contributed by atoms with Crippen LogP contribution in [0.5, 0.6) is 5.75 Å². The third-order valence-corrected chi connectivity index (χ3v) is 2.37. The van der Waals surface area contributed by atoms with Crippen LogP contribution in [0.3, 0.4) is 0 Å². The van der Waals surface area contributed by atoms with Crippen molar-refractivity contribution in [3.8, 4) is 17.9 Å². The van der Waals surface area contributed by atoms with Gasteiger partial charge in [0, 0.05) is 0 Å². The van der Waals surface area contributed by atoms with Gasteiger partial charge in [-0.1, -0.05) is 0 Å². The predicted molar refractivity (Wildman–Crippen MR) is 56.8 cm³/mol. The second-order valence-electron chi connectivity index (χ2n) is 3.85. The Morgan fingerprint density at radius 2 is 1.71 bits per heavy atom. The fourth-order valence-electron chi connectivity index (χ4n) is 1.32. The van der Waals surface area contributed by atoms with Crippen molar-refractivity contribution in [3.63, 3.8) is 0 Å². The Labute approximate surface area is 115 Å². The van der Waals surface area contributed by atoms with E-state index in [2.05, 4.69) is 4.74 Å². The minimum atomic E-state index is -4.90. The van der Waals surface area contributed by atoms with E-state index in [1.54, 1.807) is 0 Å². The van der Waals surface area contributed by atoms with Crippen LogP contribution in [0.1, 0.15) is 11.1 Å². The van der Waals surface area contributed by atoms with Crippen LogP contribution in [0, 0.1) is 28.6 Å². The summed E-state index contributed by atoms with van der Waals surface area (Å²) in [5.41, 5.74) is -1.69. The molecule has 0 bridgehead atoms. The first-order valence-electron chi connectivity index (χ1n) is 5.30. The standard InChI is InChI=1S/C12H6F6N2O/c13-11(14,15)8(5-20)6-21-10-2-1-7(4-19)3-9(10)12(16,17)18/h1-3,8H,6H2. The lowest BCUT2D eigenvalue weighted by Gasteiger charge is -2.17.